The Kier molecular flexibility index (Phi) is 5.44. The van der Waals surface area contributed by atoms with Crippen LogP contribution in [0.4, 0.5) is 0 Å². The largest absolute Gasteiger partial charge is 0.460 e. The van der Waals surface area contributed by atoms with Crippen molar-refractivity contribution >= 4 is 32.3 Å². The first-order valence-corrected chi connectivity index (χ1v) is 12.7. The molecule has 0 spiro atoms. The fourth-order valence-corrected chi connectivity index (χ4v) is 6.55. The van der Waals surface area contributed by atoms with Crippen molar-refractivity contribution in [2.45, 2.75) is 17.7 Å². The highest BCUT2D eigenvalue weighted by Gasteiger charge is 2.29. The second-order valence-electron chi connectivity index (χ2n) is 7.94. The fourth-order valence-electron chi connectivity index (χ4n) is 3.99. The molecule has 1 aliphatic rings. The van der Waals surface area contributed by atoms with Crippen molar-refractivity contribution in [1.82, 2.24) is 9.21 Å². The van der Waals surface area contributed by atoms with Crippen molar-refractivity contribution in [3.63, 3.8) is 0 Å². The highest BCUT2D eigenvalue weighted by atomic mass is 32.2. The van der Waals surface area contributed by atoms with Gasteiger partial charge in [0.2, 0.25) is 0 Å². The van der Waals surface area contributed by atoms with Crippen molar-refractivity contribution < 1.29 is 12.8 Å². The molecule has 0 atom stereocenters. The average Bonchev–Trinajstić information content (AvgIpc) is 3.44. The van der Waals surface area contributed by atoms with E-state index in [1.807, 2.05) is 6.07 Å². The van der Waals surface area contributed by atoms with E-state index >= 15 is 0 Å². The lowest BCUT2D eigenvalue weighted by Gasteiger charge is -2.33. The van der Waals surface area contributed by atoms with Crippen molar-refractivity contribution in [1.29, 1.82) is 0 Å². The monoisotopic (exact) mass is 452 g/mol. The molecule has 0 unspecified atom stereocenters. The van der Waals surface area contributed by atoms with Gasteiger partial charge in [0, 0.05) is 31.6 Å². The average molecular weight is 453 g/mol. The Bertz CT molecular complexity index is 1280. The summed E-state index contributed by atoms with van der Waals surface area (Å²) in [4.78, 5) is 2.25. The summed E-state index contributed by atoms with van der Waals surface area (Å²) in [5.74, 6) is 0.908. The van der Waals surface area contributed by atoms with Gasteiger partial charge >= 0.3 is 0 Å². The maximum Gasteiger partial charge on any atom is 0.252 e. The minimum absolute atomic E-state index is 0.419. The summed E-state index contributed by atoms with van der Waals surface area (Å²) in [6, 6.07) is 20.4. The van der Waals surface area contributed by atoms with E-state index in [0.717, 1.165) is 16.7 Å². The molecule has 31 heavy (non-hydrogen) atoms. The summed E-state index contributed by atoms with van der Waals surface area (Å²) < 4.78 is 33.5. The highest BCUT2D eigenvalue weighted by molar-refractivity contribution is 7.91. The molecule has 1 saturated heterocycles. The van der Waals surface area contributed by atoms with Crippen LogP contribution in [0.5, 0.6) is 0 Å². The van der Waals surface area contributed by atoms with E-state index in [4.69, 9.17) is 4.42 Å². The van der Waals surface area contributed by atoms with Crippen LogP contribution in [0.25, 0.3) is 22.1 Å². The number of hydrogen-bond donors (Lipinski definition) is 0. The van der Waals surface area contributed by atoms with Gasteiger partial charge in [0.15, 0.2) is 0 Å². The predicted octanol–water partition coefficient (Wildman–Crippen LogP) is 4.98. The number of benzene rings is 2. The van der Waals surface area contributed by atoms with Gasteiger partial charge < -0.3 is 4.42 Å². The van der Waals surface area contributed by atoms with Gasteiger partial charge in [-0.2, -0.15) is 4.31 Å². The van der Waals surface area contributed by atoms with Crippen LogP contribution in [0.3, 0.4) is 0 Å². The molecule has 2 aromatic heterocycles. The Morgan fingerprint density at radius 2 is 1.68 bits per heavy atom. The second kappa shape index (κ2) is 8.24. The van der Waals surface area contributed by atoms with E-state index in [1.54, 1.807) is 21.8 Å². The molecule has 0 aliphatic carbocycles. The quantitative estimate of drug-likeness (QED) is 0.429. The molecule has 4 aromatic rings. The lowest BCUT2D eigenvalue weighted by Crippen LogP contribution is -2.47. The van der Waals surface area contributed by atoms with Crippen LogP contribution < -0.4 is 0 Å². The number of thiophene rings is 1. The zero-order chi connectivity index (χ0) is 21.4. The molecule has 0 N–H and O–H groups in total. The number of piperazine rings is 1. The number of hydrogen-bond acceptors (Lipinski definition) is 5. The minimum atomic E-state index is -3.37. The van der Waals surface area contributed by atoms with Gasteiger partial charge in [0.25, 0.3) is 10.0 Å². The third-order valence-electron chi connectivity index (χ3n) is 5.75. The van der Waals surface area contributed by atoms with Crippen molar-refractivity contribution in [3.8, 4) is 11.1 Å². The van der Waals surface area contributed by atoms with Gasteiger partial charge in [-0.3, -0.25) is 4.90 Å². The first-order chi connectivity index (χ1) is 15.0. The normalized spacial score (nSPS) is 16.2. The molecule has 3 heterocycles. The van der Waals surface area contributed by atoms with Crippen molar-refractivity contribution in [2.75, 3.05) is 26.2 Å². The molecule has 5 rings (SSSR count). The zero-order valence-electron chi connectivity index (χ0n) is 17.3. The predicted molar refractivity (Wildman–Crippen MR) is 125 cm³/mol. The summed E-state index contributed by atoms with van der Waals surface area (Å²) in [7, 11) is -3.37. The topological polar surface area (TPSA) is 53.8 Å². The van der Waals surface area contributed by atoms with Gasteiger partial charge in [-0.1, -0.05) is 42.0 Å². The number of nitrogens with zero attached hydrogens (tertiary/aromatic N) is 2. The Balaban J connectivity index is 1.26. The summed E-state index contributed by atoms with van der Waals surface area (Å²) >= 11 is 1.27. The summed E-state index contributed by atoms with van der Waals surface area (Å²) in [6.45, 7) is 5.15. The number of furan rings is 1. The van der Waals surface area contributed by atoms with Gasteiger partial charge in [0.05, 0.1) is 6.54 Å². The summed E-state index contributed by atoms with van der Waals surface area (Å²) in [5.41, 5.74) is 4.49. The number of rotatable bonds is 5. The minimum Gasteiger partial charge on any atom is -0.460 e. The van der Waals surface area contributed by atoms with Crippen molar-refractivity contribution in [2.24, 2.45) is 0 Å². The van der Waals surface area contributed by atoms with Crippen molar-refractivity contribution in [3.05, 3.63) is 77.4 Å². The van der Waals surface area contributed by atoms with Crippen LogP contribution in [0, 0.1) is 6.92 Å². The molecule has 1 fully saturated rings. The molecule has 1 aliphatic heterocycles. The maximum atomic E-state index is 12.7. The SMILES string of the molecule is Cc1ccc(-c2ccc3oc(CN4CCN(S(=O)(=O)c5cccs5)CC4)cc3c2)cc1. The van der Waals surface area contributed by atoms with E-state index in [2.05, 4.69) is 54.3 Å². The van der Waals surface area contributed by atoms with E-state index in [-0.39, 0.29) is 0 Å². The molecular weight excluding hydrogens is 428 g/mol. The van der Waals surface area contributed by atoms with Crippen LogP contribution in [-0.2, 0) is 16.6 Å². The first kappa shape index (κ1) is 20.5. The lowest BCUT2D eigenvalue weighted by molar-refractivity contribution is 0.172. The molecule has 5 nitrogen and oxygen atoms in total. The summed E-state index contributed by atoms with van der Waals surface area (Å²) in [5, 5.41) is 2.89. The first-order valence-electron chi connectivity index (χ1n) is 10.3. The van der Waals surface area contributed by atoms with Crippen LogP contribution in [0.1, 0.15) is 11.3 Å². The van der Waals surface area contributed by atoms with E-state index in [1.165, 1.54) is 28.0 Å². The fraction of sp³-hybridized carbons (Fsp3) is 0.250. The Morgan fingerprint density at radius 1 is 0.935 bits per heavy atom. The Hall–Kier alpha value is -2.45. The van der Waals surface area contributed by atoms with Crippen LogP contribution >= 0.6 is 11.3 Å². The second-order valence-corrected chi connectivity index (χ2v) is 11.1. The molecule has 0 saturated carbocycles. The number of fused-ring (bicyclic) bond motifs is 1. The van der Waals surface area contributed by atoms with Gasteiger partial charge in [0.1, 0.15) is 15.6 Å². The molecule has 0 amide bonds. The third-order valence-corrected chi connectivity index (χ3v) is 9.02. The molecule has 0 bridgehead atoms. The van der Waals surface area contributed by atoms with Crippen LogP contribution in [0.15, 0.2) is 74.7 Å². The number of sulfonamides is 1. The molecular formula is C24H24N2O3S2. The van der Waals surface area contributed by atoms with Crippen LogP contribution in [0.2, 0.25) is 0 Å². The lowest BCUT2D eigenvalue weighted by atomic mass is 10.0. The van der Waals surface area contributed by atoms with E-state index < -0.39 is 10.0 Å². The maximum absolute atomic E-state index is 12.7. The molecule has 7 heteroatoms. The van der Waals surface area contributed by atoms with Gasteiger partial charge in [-0.25, -0.2) is 8.42 Å². The van der Waals surface area contributed by atoms with Gasteiger partial charge in [-0.15, -0.1) is 11.3 Å². The highest BCUT2D eigenvalue weighted by Crippen LogP contribution is 2.28. The van der Waals surface area contributed by atoms with E-state index in [0.29, 0.717) is 36.9 Å². The van der Waals surface area contributed by atoms with Crippen LogP contribution in [-0.4, -0.2) is 43.8 Å². The standard InChI is InChI=1S/C24H24N2O3S2/c1-18-4-6-19(7-5-18)20-8-9-23-21(15-20)16-22(29-23)17-25-10-12-26(13-11-25)31(27,28)24-3-2-14-30-24/h2-9,14-16H,10-13,17H2,1H3. The number of aryl methyl sites for hydroxylation is 1. The van der Waals surface area contributed by atoms with E-state index in [9.17, 15) is 8.42 Å². The van der Waals surface area contributed by atoms with Gasteiger partial charge in [-0.05, 0) is 47.7 Å². The Labute approximate surface area is 186 Å². The molecule has 2 aromatic carbocycles. The smallest absolute Gasteiger partial charge is 0.252 e. The summed E-state index contributed by atoms with van der Waals surface area (Å²) in [6.07, 6.45) is 0. The Morgan fingerprint density at radius 3 is 2.39 bits per heavy atom. The third kappa shape index (κ3) is 4.19. The molecule has 160 valence electrons. The zero-order valence-corrected chi connectivity index (χ0v) is 19.0. The molecule has 0 radical (unpaired) electrons.